The lowest BCUT2D eigenvalue weighted by molar-refractivity contribution is -0.146. The summed E-state index contributed by atoms with van der Waals surface area (Å²) in [7, 11) is 0. The summed E-state index contributed by atoms with van der Waals surface area (Å²) in [4.78, 5) is 43.0. The van der Waals surface area contributed by atoms with E-state index in [4.69, 9.17) is 11.2 Å². The predicted molar refractivity (Wildman–Crippen MR) is 164 cm³/mol. The van der Waals surface area contributed by atoms with E-state index < -0.39 is 41.1 Å². The molecule has 0 spiro atoms. The first-order valence-electron chi connectivity index (χ1n) is 13.3. The zero-order valence-corrected chi connectivity index (χ0v) is 26.0. The summed E-state index contributed by atoms with van der Waals surface area (Å²) < 4.78 is 5.46. The molecule has 2 aromatic carbocycles. The third-order valence-corrected chi connectivity index (χ3v) is 6.85. The number of benzene rings is 2. The molecular weight excluding hydrogens is 522 g/mol. The minimum Gasteiger partial charge on any atom is -0.444 e. The Morgan fingerprint density at radius 1 is 1.00 bits per heavy atom. The number of terminal acetylenes is 1. The topological polar surface area (TPSA) is 87.7 Å². The standard InChI is InChI=1S/C32H43N3O4S/c1-11-23-17-12-13-18-24(23)27(28(36)34-26-21(2)15-14-16-22(26)3)35(31(4,5)6)29(37)25(19-20-40-10)33-30(38)39-32(7,8)9/h1,12-18,25,27H,19-20H2,2-10H3,(H,33,38)(H,34,36). The number of carbonyl (C=O) groups excluding carboxylic acids is 3. The molecule has 2 aromatic rings. The molecule has 2 rings (SSSR count). The number of carbonyl (C=O) groups is 3. The normalized spacial score (nSPS) is 13.0. The number of aryl methyl sites for hydroxylation is 2. The first-order chi connectivity index (χ1) is 18.6. The van der Waals surface area contributed by atoms with Gasteiger partial charge in [0.1, 0.15) is 17.7 Å². The van der Waals surface area contributed by atoms with Gasteiger partial charge in [0.2, 0.25) is 5.91 Å². The van der Waals surface area contributed by atoms with Crippen LogP contribution < -0.4 is 10.6 Å². The van der Waals surface area contributed by atoms with Crippen molar-refractivity contribution in [3.8, 4) is 12.3 Å². The van der Waals surface area contributed by atoms with Gasteiger partial charge in [-0.1, -0.05) is 42.3 Å². The van der Waals surface area contributed by atoms with Gasteiger partial charge in [-0.05, 0) is 96.6 Å². The zero-order chi connectivity index (χ0) is 30.3. The van der Waals surface area contributed by atoms with Crippen LogP contribution in [-0.2, 0) is 14.3 Å². The molecule has 7 nitrogen and oxygen atoms in total. The van der Waals surface area contributed by atoms with E-state index in [1.807, 2.05) is 59.1 Å². The Labute approximate surface area is 243 Å². The van der Waals surface area contributed by atoms with E-state index in [1.165, 1.54) is 4.90 Å². The van der Waals surface area contributed by atoms with E-state index in [1.54, 1.807) is 56.8 Å². The van der Waals surface area contributed by atoms with E-state index in [0.29, 0.717) is 29.0 Å². The Hall–Kier alpha value is -3.44. The number of rotatable bonds is 9. The van der Waals surface area contributed by atoms with Crippen molar-refractivity contribution in [3.63, 3.8) is 0 Å². The molecule has 40 heavy (non-hydrogen) atoms. The monoisotopic (exact) mass is 565 g/mol. The van der Waals surface area contributed by atoms with E-state index in [9.17, 15) is 14.4 Å². The van der Waals surface area contributed by atoms with Crippen LogP contribution in [0.1, 0.15) is 76.3 Å². The van der Waals surface area contributed by atoms with Gasteiger partial charge in [0.25, 0.3) is 5.91 Å². The number of para-hydroxylation sites is 1. The number of anilines is 1. The summed E-state index contributed by atoms with van der Waals surface area (Å²) in [5, 5.41) is 5.84. The van der Waals surface area contributed by atoms with E-state index >= 15 is 0 Å². The van der Waals surface area contributed by atoms with Crippen molar-refractivity contribution in [2.75, 3.05) is 17.3 Å². The Kier molecular flexibility index (Phi) is 11.3. The van der Waals surface area contributed by atoms with E-state index in [2.05, 4.69) is 16.6 Å². The molecule has 2 atom stereocenters. The fourth-order valence-corrected chi connectivity index (χ4v) is 4.89. The molecule has 0 saturated heterocycles. The van der Waals surface area contributed by atoms with Crippen LogP contribution in [0.4, 0.5) is 10.5 Å². The van der Waals surface area contributed by atoms with Gasteiger partial charge in [0.05, 0.1) is 0 Å². The van der Waals surface area contributed by atoms with Crippen LogP contribution in [0, 0.1) is 26.2 Å². The number of hydrogen-bond donors (Lipinski definition) is 2. The van der Waals surface area contributed by atoms with Crippen LogP contribution in [-0.4, -0.2) is 52.0 Å². The number of ether oxygens (including phenoxy) is 1. The highest BCUT2D eigenvalue weighted by Crippen LogP contribution is 2.34. The third kappa shape index (κ3) is 8.79. The van der Waals surface area contributed by atoms with Gasteiger partial charge in [-0.15, -0.1) is 6.42 Å². The van der Waals surface area contributed by atoms with Crippen molar-refractivity contribution >= 4 is 35.4 Å². The molecular formula is C32H43N3O4S. The maximum atomic E-state index is 14.4. The fourth-order valence-electron chi connectivity index (χ4n) is 4.42. The summed E-state index contributed by atoms with van der Waals surface area (Å²) in [5.74, 6) is 2.49. The number of alkyl carbamates (subject to hydrolysis) is 1. The fraction of sp³-hybridized carbons (Fsp3) is 0.469. The Morgan fingerprint density at radius 2 is 1.60 bits per heavy atom. The highest BCUT2D eigenvalue weighted by atomic mass is 32.2. The van der Waals surface area contributed by atoms with Crippen molar-refractivity contribution in [1.82, 2.24) is 10.2 Å². The molecule has 2 N–H and O–H groups in total. The number of amides is 3. The van der Waals surface area contributed by atoms with Gasteiger partial charge < -0.3 is 20.3 Å². The van der Waals surface area contributed by atoms with Gasteiger partial charge in [0, 0.05) is 16.8 Å². The van der Waals surface area contributed by atoms with Gasteiger partial charge in [-0.2, -0.15) is 11.8 Å². The Bertz CT molecular complexity index is 1230. The summed E-state index contributed by atoms with van der Waals surface area (Å²) in [6, 6.07) is 10.9. The van der Waals surface area contributed by atoms with Crippen LogP contribution in [0.5, 0.6) is 0 Å². The first kappa shape index (κ1) is 32.8. The molecule has 3 amide bonds. The molecule has 0 fully saturated rings. The summed E-state index contributed by atoms with van der Waals surface area (Å²) in [6.45, 7) is 14.7. The van der Waals surface area contributed by atoms with Crippen LogP contribution >= 0.6 is 11.8 Å². The highest BCUT2D eigenvalue weighted by molar-refractivity contribution is 7.98. The van der Waals surface area contributed by atoms with Gasteiger partial charge in [-0.3, -0.25) is 9.59 Å². The summed E-state index contributed by atoms with van der Waals surface area (Å²) in [5.41, 5.74) is 1.95. The van der Waals surface area contributed by atoms with Crippen molar-refractivity contribution < 1.29 is 19.1 Å². The molecule has 0 saturated carbocycles. The SMILES string of the molecule is C#Cc1ccccc1C(C(=O)Nc1c(C)cccc1C)N(C(=O)C(CCSC)NC(=O)OC(C)(C)C)C(C)(C)C. The zero-order valence-electron chi connectivity index (χ0n) is 25.2. The lowest BCUT2D eigenvalue weighted by atomic mass is 9.92. The van der Waals surface area contributed by atoms with Crippen molar-refractivity contribution in [2.24, 2.45) is 0 Å². The molecule has 0 heterocycles. The lowest BCUT2D eigenvalue weighted by Gasteiger charge is -2.43. The van der Waals surface area contributed by atoms with E-state index in [0.717, 1.165) is 11.1 Å². The highest BCUT2D eigenvalue weighted by Gasteiger charge is 2.42. The number of thioether (sulfide) groups is 1. The average Bonchev–Trinajstić information content (AvgIpc) is 2.85. The van der Waals surface area contributed by atoms with Crippen LogP contribution in [0.2, 0.25) is 0 Å². The maximum absolute atomic E-state index is 14.4. The minimum absolute atomic E-state index is 0.355. The summed E-state index contributed by atoms with van der Waals surface area (Å²) >= 11 is 1.56. The molecule has 2 unspecified atom stereocenters. The van der Waals surface area contributed by atoms with Gasteiger partial charge in [-0.25, -0.2) is 4.79 Å². The molecule has 0 bridgehead atoms. The van der Waals surface area contributed by atoms with Crippen molar-refractivity contribution in [2.45, 2.75) is 85.0 Å². The molecule has 0 aliphatic heterocycles. The molecule has 0 aromatic heterocycles. The second-order valence-electron chi connectivity index (χ2n) is 11.7. The number of hydrogen-bond acceptors (Lipinski definition) is 5. The van der Waals surface area contributed by atoms with Crippen molar-refractivity contribution in [1.29, 1.82) is 0 Å². The number of nitrogens with one attached hydrogen (secondary N) is 2. The molecule has 0 aliphatic carbocycles. The van der Waals surface area contributed by atoms with Gasteiger partial charge >= 0.3 is 6.09 Å². The Balaban J connectivity index is 2.68. The van der Waals surface area contributed by atoms with Crippen LogP contribution in [0.25, 0.3) is 0 Å². The smallest absolute Gasteiger partial charge is 0.408 e. The van der Waals surface area contributed by atoms with Crippen LogP contribution in [0.15, 0.2) is 42.5 Å². The predicted octanol–water partition coefficient (Wildman–Crippen LogP) is 6.24. The second-order valence-corrected chi connectivity index (χ2v) is 12.7. The maximum Gasteiger partial charge on any atom is 0.408 e. The van der Waals surface area contributed by atoms with Crippen LogP contribution in [0.3, 0.4) is 0 Å². The summed E-state index contributed by atoms with van der Waals surface area (Å²) in [6.07, 6.45) is 7.46. The molecule has 216 valence electrons. The quantitative estimate of drug-likeness (QED) is 0.352. The molecule has 0 aliphatic rings. The first-order valence-corrected chi connectivity index (χ1v) is 14.7. The van der Waals surface area contributed by atoms with Gasteiger partial charge in [0.15, 0.2) is 0 Å². The average molecular weight is 566 g/mol. The lowest BCUT2D eigenvalue weighted by Crippen LogP contribution is -2.58. The largest absolute Gasteiger partial charge is 0.444 e. The molecule has 0 radical (unpaired) electrons. The van der Waals surface area contributed by atoms with Crippen molar-refractivity contribution in [3.05, 3.63) is 64.7 Å². The minimum atomic E-state index is -1.07. The third-order valence-electron chi connectivity index (χ3n) is 6.21. The Morgan fingerprint density at radius 3 is 2.12 bits per heavy atom. The molecule has 8 heteroatoms. The number of nitrogens with zero attached hydrogens (tertiary/aromatic N) is 1. The second kappa shape index (κ2) is 13.8. The van der Waals surface area contributed by atoms with E-state index in [-0.39, 0.29) is 0 Å².